The molecule has 0 saturated carbocycles. The van der Waals surface area contributed by atoms with E-state index in [1.807, 2.05) is 6.07 Å². The zero-order valence-electron chi connectivity index (χ0n) is 8.55. The number of rotatable bonds is 4. The second-order valence-electron chi connectivity index (χ2n) is 3.64. The molecule has 78 valence electrons. The highest BCUT2D eigenvalue weighted by molar-refractivity contribution is 6.32. The lowest BCUT2D eigenvalue weighted by Gasteiger charge is -2.08. The number of halogens is 1. The smallest absolute Gasteiger partial charge is 0.134 e. The molecule has 0 heterocycles. The van der Waals surface area contributed by atoms with Gasteiger partial charge in [-0.1, -0.05) is 31.5 Å². The molecule has 0 aliphatic carbocycles. The van der Waals surface area contributed by atoms with E-state index in [1.165, 1.54) is 0 Å². The Bertz CT molecular complexity index is 299. The highest BCUT2D eigenvalue weighted by Crippen LogP contribution is 2.23. The minimum absolute atomic E-state index is 0.146. The lowest BCUT2D eigenvalue weighted by molar-refractivity contribution is 0.475. The fourth-order valence-corrected chi connectivity index (χ4v) is 1.41. The molecule has 0 bridgehead atoms. The molecule has 1 aromatic carbocycles. The van der Waals surface area contributed by atoms with Gasteiger partial charge in [0.2, 0.25) is 0 Å². The molecule has 0 fully saturated rings. The normalized spacial score (nSPS) is 10.9. The van der Waals surface area contributed by atoms with Gasteiger partial charge in [-0.2, -0.15) is 0 Å². The number of hydrogen-bond acceptors (Lipinski definition) is 2. The summed E-state index contributed by atoms with van der Waals surface area (Å²) < 4.78 is 0. The Hall–Kier alpha value is -0.730. The lowest BCUT2D eigenvalue weighted by Crippen LogP contribution is -2.24. The number of benzene rings is 1. The van der Waals surface area contributed by atoms with E-state index in [1.54, 1.807) is 12.1 Å². The maximum Gasteiger partial charge on any atom is 0.134 e. The monoisotopic (exact) mass is 213 g/mol. The first kappa shape index (κ1) is 11.3. The summed E-state index contributed by atoms with van der Waals surface area (Å²) in [5.41, 5.74) is 1.14. The molecule has 14 heavy (non-hydrogen) atoms. The highest BCUT2D eigenvalue weighted by Gasteiger charge is 2.00. The molecule has 0 radical (unpaired) electrons. The van der Waals surface area contributed by atoms with Gasteiger partial charge in [0.1, 0.15) is 5.75 Å². The van der Waals surface area contributed by atoms with Crippen molar-refractivity contribution in [2.24, 2.45) is 0 Å². The predicted octanol–water partition coefficient (Wildman–Crippen LogP) is 2.59. The van der Waals surface area contributed by atoms with Crippen LogP contribution in [-0.4, -0.2) is 17.7 Å². The molecule has 3 heteroatoms. The van der Waals surface area contributed by atoms with E-state index in [2.05, 4.69) is 19.2 Å². The zero-order valence-corrected chi connectivity index (χ0v) is 9.30. The minimum atomic E-state index is 0.146. The van der Waals surface area contributed by atoms with Gasteiger partial charge in [0.25, 0.3) is 0 Å². The maximum absolute atomic E-state index is 9.21. The van der Waals surface area contributed by atoms with Crippen molar-refractivity contribution in [2.45, 2.75) is 26.3 Å². The van der Waals surface area contributed by atoms with E-state index < -0.39 is 0 Å². The third-order valence-electron chi connectivity index (χ3n) is 1.98. The average Bonchev–Trinajstić information content (AvgIpc) is 2.10. The van der Waals surface area contributed by atoms with Gasteiger partial charge in [-0.05, 0) is 30.7 Å². The molecule has 0 aromatic heterocycles. The Morgan fingerprint density at radius 3 is 2.71 bits per heavy atom. The molecular formula is C11H16ClNO. The highest BCUT2D eigenvalue weighted by atomic mass is 35.5. The van der Waals surface area contributed by atoms with Crippen molar-refractivity contribution in [3.05, 3.63) is 28.8 Å². The number of nitrogens with one attached hydrogen (secondary N) is 1. The SMILES string of the molecule is CC(C)NCCc1ccc(O)c(Cl)c1. The second-order valence-corrected chi connectivity index (χ2v) is 4.05. The van der Waals surface area contributed by atoms with Crippen LogP contribution in [0, 0.1) is 0 Å². The van der Waals surface area contributed by atoms with Crippen LogP contribution < -0.4 is 5.32 Å². The first-order valence-corrected chi connectivity index (χ1v) is 5.18. The largest absolute Gasteiger partial charge is 0.506 e. The van der Waals surface area contributed by atoms with Gasteiger partial charge < -0.3 is 10.4 Å². The number of aromatic hydroxyl groups is 1. The summed E-state index contributed by atoms with van der Waals surface area (Å²) in [6, 6.07) is 5.83. The maximum atomic E-state index is 9.21. The van der Waals surface area contributed by atoms with Crippen molar-refractivity contribution in [1.29, 1.82) is 0 Å². The minimum Gasteiger partial charge on any atom is -0.506 e. The molecule has 0 spiro atoms. The number of hydrogen-bond donors (Lipinski definition) is 2. The van der Waals surface area contributed by atoms with Gasteiger partial charge in [-0.3, -0.25) is 0 Å². The molecule has 0 saturated heterocycles. The standard InChI is InChI=1S/C11H16ClNO/c1-8(2)13-6-5-9-3-4-11(14)10(12)7-9/h3-4,7-8,13-14H,5-6H2,1-2H3. The van der Waals surface area contributed by atoms with E-state index >= 15 is 0 Å². The summed E-state index contributed by atoms with van der Waals surface area (Å²) in [5.74, 6) is 0.146. The number of phenolic OH excluding ortho intramolecular Hbond substituents is 1. The molecular weight excluding hydrogens is 198 g/mol. The molecule has 1 rings (SSSR count). The Morgan fingerprint density at radius 2 is 2.14 bits per heavy atom. The Labute approximate surface area is 89.9 Å². The Kier molecular flexibility index (Phi) is 4.23. The molecule has 0 aliphatic rings. The fourth-order valence-electron chi connectivity index (χ4n) is 1.21. The first-order valence-electron chi connectivity index (χ1n) is 4.80. The molecule has 0 unspecified atom stereocenters. The van der Waals surface area contributed by atoms with E-state index in [4.69, 9.17) is 11.6 Å². The quantitative estimate of drug-likeness (QED) is 0.806. The van der Waals surface area contributed by atoms with Crippen LogP contribution in [0.1, 0.15) is 19.4 Å². The predicted molar refractivity (Wildman–Crippen MR) is 60.0 cm³/mol. The molecule has 2 N–H and O–H groups in total. The summed E-state index contributed by atoms with van der Waals surface area (Å²) in [7, 11) is 0. The van der Waals surface area contributed by atoms with Crippen molar-refractivity contribution in [3.8, 4) is 5.75 Å². The van der Waals surface area contributed by atoms with Crippen LogP contribution >= 0.6 is 11.6 Å². The second kappa shape index (κ2) is 5.23. The Morgan fingerprint density at radius 1 is 1.43 bits per heavy atom. The van der Waals surface area contributed by atoms with Gasteiger partial charge in [-0.15, -0.1) is 0 Å². The molecule has 0 aliphatic heterocycles. The Balaban J connectivity index is 2.47. The summed E-state index contributed by atoms with van der Waals surface area (Å²) >= 11 is 5.78. The van der Waals surface area contributed by atoms with Crippen LogP contribution in [0.2, 0.25) is 5.02 Å². The van der Waals surface area contributed by atoms with E-state index in [-0.39, 0.29) is 5.75 Å². The number of phenols is 1. The third-order valence-corrected chi connectivity index (χ3v) is 2.28. The molecule has 0 amide bonds. The van der Waals surface area contributed by atoms with Crippen LogP contribution in [0.3, 0.4) is 0 Å². The van der Waals surface area contributed by atoms with Crippen LogP contribution in [-0.2, 0) is 6.42 Å². The molecule has 0 atom stereocenters. The van der Waals surface area contributed by atoms with E-state index in [0.717, 1.165) is 18.5 Å². The lowest BCUT2D eigenvalue weighted by atomic mass is 10.1. The van der Waals surface area contributed by atoms with Crippen molar-refractivity contribution in [2.75, 3.05) is 6.54 Å². The topological polar surface area (TPSA) is 32.3 Å². The van der Waals surface area contributed by atoms with Gasteiger partial charge in [0, 0.05) is 6.04 Å². The molecule has 2 nitrogen and oxygen atoms in total. The van der Waals surface area contributed by atoms with Crippen LogP contribution in [0.5, 0.6) is 5.75 Å². The van der Waals surface area contributed by atoms with Crippen LogP contribution in [0.15, 0.2) is 18.2 Å². The average molecular weight is 214 g/mol. The van der Waals surface area contributed by atoms with Crippen LogP contribution in [0.4, 0.5) is 0 Å². The van der Waals surface area contributed by atoms with Gasteiger partial charge >= 0.3 is 0 Å². The third kappa shape index (κ3) is 3.56. The van der Waals surface area contributed by atoms with Crippen molar-refractivity contribution >= 4 is 11.6 Å². The summed E-state index contributed by atoms with van der Waals surface area (Å²) in [6.45, 7) is 5.16. The van der Waals surface area contributed by atoms with Gasteiger partial charge in [0.15, 0.2) is 0 Å². The fraction of sp³-hybridized carbons (Fsp3) is 0.455. The summed E-state index contributed by atoms with van der Waals surface area (Å²) in [6.07, 6.45) is 0.929. The first-order chi connectivity index (χ1) is 6.59. The van der Waals surface area contributed by atoms with Crippen LogP contribution in [0.25, 0.3) is 0 Å². The van der Waals surface area contributed by atoms with Gasteiger partial charge in [0.05, 0.1) is 5.02 Å². The van der Waals surface area contributed by atoms with Crippen molar-refractivity contribution < 1.29 is 5.11 Å². The summed E-state index contributed by atoms with van der Waals surface area (Å²) in [5, 5.41) is 13.0. The zero-order chi connectivity index (χ0) is 10.6. The summed E-state index contributed by atoms with van der Waals surface area (Å²) in [4.78, 5) is 0. The van der Waals surface area contributed by atoms with Crippen molar-refractivity contribution in [1.82, 2.24) is 5.32 Å². The molecule has 1 aromatic rings. The van der Waals surface area contributed by atoms with Crippen molar-refractivity contribution in [3.63, 3.8) is 0 Å². The van der Waals surface area contributed by atoms with Gasteiger partial charge in [-0.25, -0.2) is 0 Å². The van der Waals surface area contributed by atoms with E-state index in [9.17, 15) is 5.11 Å². The van der Waals surface area contributed by atoms with E-state index in [0.29, 0.717) is 11.1 Å².